The third-order valence-electron chi connectivity index (χ3n) is 3.84. The van der Waals surface area contributed by atoms with Gasteiger partial charge in [-0.25, -0.2) is 0 Å². The van der Waals surface area contributed by atoms with Crippen molar-refractivity contribution in [2.45, 2.75) is 19.4 Å². The molecule has 0 fully saturated rings. The Labute approximate surface area is 143 Å². The van der Waals surface area contributed by atoms with E-state index in [0.29, 0.717) is 13.0 Å². The quantitative estimate of drug-likeness (QED) is 0.799. The van der Waals surface area contributed by atoms with Crippen LogP contribution in [0.2, 0.25) is 5.02 Å². The molecule has 0 aliphatic carbocycles. The van der Waals surface area contributed by atoms with E-state index in [1.54, 1.807) is 4.90 Å². The number of nitrogens with zero attached hydrogens (tertiary/aromatic N) is 2. The number of carbonyl (C=O) groups excluding carboxylic acids is 1. The van der Waals surface area contributed by atoms with Gasteiger partial charge in [0.15, 0.2) is 0 Å². The first-order valence-corrected chi connectivity index (χ1v) is 8.08. The summed E-state index contributed by atoms with van der Waals surface area (Å²) < 4.78 is 0. The van der Waals surface area contributed by atoms with E-state index < -0.39 is 0 Å². The van der Waals surface area contributed by atoms with Gasteiger partial charge in [0.1, 0.15) is 0 Å². The van der Waals surface area contributed by atoms with Crippen LogP contribution in [0, 0.1) is 0 Å². The molecule has 4 heteroatoms. The predicted molar refractivity (Wildman–Crippen MR) is 97.0 cm³/mol. The molecule has 122 valence electrons. The molecule has 2 aromatic rings. The minimum atomic E-state index is 0.150. The molecule has 0 saturated carbocycles. The van der Waals surface area contributed by atoms with Crippen molar-refractivity contribution in [3.05, 3.63) is 64.7 Å². The summed E-state index contributed by atoms with van der Waals surface area (Å²) in [6.45, 7) is 0.632. The maximum atomic E-state index is 12.3. The number of hydrogen-bond acceptors (Lipinski definition) is 2. The van der Waals surface area contributed by atoms with Crippen molar-refractivity contribution in [2.75, 3.05) is 26.0 Å². The first kappa shape index (κ1) is 17.4. The lowest BCUT2D eigenvalue weighted by molar-refractivity contribution is -0.130. The van der Waals surface area contributed by atoms with Gasteiger partial charge >= 0.3 is 0 Å². The second kappa shape index (κ2) is 8.02. The molecule has 0 spiro atoms. The average molecular weight is 331 g/mol. The number of rotatable bonds is 6. The fraction of sp³-hybridized carbons (Fsp3) is 0.316. The van der Waals surface area contributed by atoms with Crippen molar-refractivity contribution in [1.29, 1.82) is 0 Å². The Bertz CT molecular complexity index is 635. The van der Waals surface area contributed by atoms with Crippen molar-refractivity contribution in [2.24, 2.45) is 0 Å². The van der Waals surface area contributed by atoms with Gasteiger partial charge in [-0.3, -0.25) is 4.79 Å². The van der Waals surface area contributed by atoms with Crippen LogP contribution in [0.1, 0.15) is 17.5 Å². The summed E-state index contributed by atoms with van der Waals surface area (Å²) in [4.78, 5) is 16.1. The monoisotopic (exact) mass is 330 g/mol. The average Bonchev–Trinajstić information content (AvgIpc) is 2.54. The van der Waals surface area contributed by atoms with E-state index in [0.717, 1.165) is 28.3 Å². The van der Waals surface area contributed by atoms with E-state index in [9.17, 15) is 4.79 Å². The first-order valence-electron chi connectivity index (χ1n) is 7.70. The zero-order chi connectivity index (χ0) is 16.8. The Morgan fingerprint density at radius 2 is 1.48 bits per heavy atom. The van der Waals surface area contributed by atoms with Crippen molar-refractivity contribution in [3.63, 3.8) is 0 Å². The molecule has 0 atom stereocenters. The van der Waals surface area contributed by atoms with Crippen LogP contribution in [0.25, 0.3) is 0 Å². The minimum absolute atomic E-state index is 0.150. The normalized spacial score (nSPS) is 10.4. The molecule has 0 radical (unpaired) electrons. The largest absolute Gasteiger partial charge is 0.378 e. The standard InChI is InChI=1S/C19H23ClN2O/c1-21(2)18-11-6-16(7-12-18)14-22(3)19(23)13-8-15-4-9-17(20)10-5-15/h4-7,9-12H,8,13-14H2,1-3H3. The lowest BCUT2D eigenvalue weighted by atomic mass is 10.1. The smallest absolute Gasteiger partial charge is 0.222 e. The van der Waals surface area contributed by atoms with Crippen LogP contribution in [-0.4, -0.2) is 32.0 Å². The number of benzene rings is 2. The van der Waals surface area contributed by atoms with Crippen LogP contribution >= 0.6 is 11.6 Å². The second-order valence-corrected chi connectivity index (χ2v) is 6.37. The van der Waals surface area contributed by atoms with Gasteiger partial charge in [-0.05, 0) is 41.8 Å². The van der Waals surface area contributed by atoms with Gasteiger partial charge < -0.3 is 9.80 Å². The van der Waals surface area contributed by atoms with E-state index >= 15 is 0 Å². The Hall–Kier alpha value is -2.00. The highest BCUT2D eigenvalue weighted by atomic mass is 35.5. The fourth-order valence-corrected chi connectivity index (χ4v) is 2.48. The molecule has 0 saturated heterocycles. The van der Waals surface area contributed by atoms with Crippen LogP contribution in [0.5, 0.6) is 0 Å². The van der Waals surface area contributed by atoms with E-state index in [2.05, 4.69) is 29.2 Å². The van der Waals surface area contributed by atoms with Crippen LogP contribution in [0.3, 0.4) is 0 Å². The summed E-state index contributed by atoms with van der Waals surface area (Å²) >= 11 is 5.87. The predicted octanol–water partition coefficient (Wildman–Crippen LogP) is 4.00. The second-order valence-electron chi connectivity index (χ2n) is 5.94. The van der Waals surface area contributed by atoms with E-state index in [1.807, 2.05) is 45.4 Å². The highest BCUT2D eigenvalue weighted by Gasteiger charge is 2.09. The van der Waals surface area contributed by atoms with E-state index in [1.165, 1.54) is 0 Å². The molecule has 0 unspecified atom stereocenters. The molecular formula is C19H23ClN2O. The maximum Gasteiger partial charge on any atom is 0.222 e. The lowest BCUT2D eigenvalue weighted by Crippen LogP contribution is -2.26. The number of carbonyl (C=O) groups is 1. The van der Waals surface area contributed by atoms with Gasteiger partial charge in [0.2, 0.25) is 5.91 Å². The molecule has 0 aromatic heterocycles. The number of aryl methyl sites for hydroxylation is 1. The van der Waals surface area contributed by atoms with Gasteiger partial charge in [-0.15, -0.1) is 0 Å². The van der Waals surface area contributed by atoms with Crippen LogP contribution < -0.4 is 4.90 Å². The Morgan fingerprint density at radius 1 is 0.913 bits per heavy atom. The number of hydrogen-bond donors (Lipinski definition) is 0. The molecule has 3 nitrogen and oxygen atoms in total. The molecule has 0 bridgehead atoms. The van der Waals surface area contributed by atoms with Gasteiger partial charge in [-0.1, -0.05) is 35.9 Å². The molecule has 2 rings (SSSR count). The lowest BCUT2D eigenvalue weighted by Gasteiger charge is -2.18. The van der Waals surface area contributed by atoms with Gasteiger partial charge in [0.05, 0.1) is 0 Å². The maximum absolute atomic E-state index is 12.3. The molecule has 0 heterocycles. The third-order valence-corrected chi connectivity index (χ3v) is 4.09. The molecule has 1 amide bonds. The number of anilines is 1. The van der Waals surface area contributed by atoms with Crippen molar-refractivity contribution in [1.82, 2.24) is 4.90 Å². The summed E-state index contributed by atoms with van der Waals surface area (Å²) in [5.41, 5.74) is 3.43. The molecular weight excluding hydrogens is 308 g/mol. The van der Waals surface area contributed by atoms with Crippen molar-refractivity contribution >= 4 is 23.2 Å². The number of amides is 1. The fourth-order valence-electron chi connectivity index (χ4n) is 2.35. The topological polar surface area (TPSA) is 23.6 Å². The molecule has 2 aromatic carbocycles. The highest BCUT2D eigenvalue weighted by Crippen LogP contribution is 2.15. The summed E-state index contributed by atoms with van der Waals surface area (Å²) in [5.74, 6) is 0.150. The summed E-state index contributed by atoms with van der Waals surface area (Å²) in [6, 6.07) is 15.9. The SMILES string of the molecule is CN(Cc1ccc(N(C)C)cc1)C(=O)CCc1ccc(Cl)cc1. The summed E-state index contributed by atoms with van der Waals surface area (Å²) in [7, 11) is 5.88. The zero-order valence-electron chi connectivity index (χ0n) is 13.9. The van der Waals surface area contributed by atoms with Gasteiger partial charge in [0, 0.05) is 44.8 Å². The minimum Gasteiger partial charge on any atom is -0.378 e. The van der Waals surface area contributed by atoms with Crippen LogP contribution in [-0.2, 0) is 17.8 Å². The molecule has 23 heavy (non-hydrogen) atoms. The molecule has 0 N–H and O–H groups in total. The van der Waals surface area contributed by atoms with Crippen LogP contribution in [0.15, 0.2) is 48.5 Å². The van der Waals surface area contributed by atoms with E-state index in [-0.39, 0.29) is 5.91 Å². The Kier molecular flexibility index (Phi) is 6.05. The highest BCUT2D eigenvalue weighted by molar-refractivity contribution is 6.30. The third kappa shape index (κ3) is 5.29. The Morgan fingerprint density at radius 3 is 2.04 bits per heavy atom. The molecule has 0 aliphatic heterocycles. The van der Waals surface area contributed by atoms with Crippen LogP contribution in [0.4, 0.5) is 5.69 Å². The Balaban J connectivity index is 1.85. The first-order chi connectivity index (χ1) is 11.0. The molecule has 0 aliphatic rings. The summed E-state index contributed by atoms with van der Waals surface area (Å²) in [5, 5.41) is 0.721. The van der Waals surface area contributed by atoms with E-state index in [4.69, 9.17) is 11.6 Å². The van der Waals surface area contributed by atoms with Gasteiger partial charge in [-0.2, -0.15) is 0 Å². The van der Waals surface area contributed by atoms with Crippen molar-refractivity contribution < 1.29 is 4.79 Å². The zero-order valence-corrected chi connectivity index (χ0v) is 14.7. The van der Waals surface area contributed by atoms with Crippen molar-refractivity contribution in [3.8, 4) is 0 Å². The summed E-state index contributed by atoms with van der Waals surface area (Å²) in [6.07, 6.45) is 1.24. The number of halogens is 1. The van der Waals surface area contributed by atoms with Gasteiger partial charge in [0.25, 0.3) is 0 Å².